The highest BCUT2D eigenvalue weighted by Crippen LogP contribution is 2.34. The minimum atomic E-state index is 0.523. The third kappa shape index (κ3) is 2.12. The number of ether oxygens (including phenoxy) is 1. The zero-order valence-corrected chi connectivity index (χ0v) is 11.0. The van der Waals surface area contributed by atoms with Crippen LogP contribution < -0.4 is 5.73 Å². The van der Waals surface area contributed by atoms with Crippen molar-refractivity contribution in [1.29, 1.82) is 0 Å². The van der Waals surface area contributed by atoms with Crippen LogP contribution in [0.1, 0.15) is 31.0 Å². The number of morpholine rings is 1. The van der Waals surface area contributed by atoms with E-state index >= 15 is 0 Å². The molecule has 100 valence electrons. The van der Waals surface area contributed by atoms with Crippen LogP contribution >= 0.6 is 0 Å². The van der Waals surface area contributed by atoms with Gasteiger partial charge < -0.3 is 10.5 Å². The van der Waals surface area contributed by atoms with Gasteiger partial charge in [-0.2, -0.15) is 5.10 Å². The fraction of sp³-hybridized carbons (Fsp3) is 0.769. The molecular formula is C13H22N4O. The number of hydrogen-bond acceptors (Lipinski definition) is 4. The molecule has 1 saturated carbocycles. The van der Waals surface area contributed by atoms with E-state index in [1.54, 1.807) is 6.20 Å². The monoisotopic (exact) mass is 250 g/mol. The number of nitrogens with zero attached hydrogens (tertiary/aromatic N) is 3. The lowest BCUT2D eigenvalue weighted by molar-refractivity contribution is 0.0172. The van der Waals surface area contributed by atoms with Crippen LogP contribution in [0.5, 0.6) is 0 Å². The summed E-state index contributed by atoms with van der Waals surface area (Å²) in [4.78, 5) is 2.58. The number of hydrogen-bond donors (Lipinski definition) is 1. The first-order chi connectivity index (χ1) is 8.75. The second kappa shape index (κ2) is 4.90. The highest BCUT2D eigenvalue weighted by Gasteiger charge is 2.32. The largest absolute Gasteiger partial charge is 0.396 e. The number of aromatic nitrogens is 2. The fourth-order valence-corrected chi connectivity index (χ4v) is 3.24. The number of anilines is 1. The Morgan fingerprint density at radius 1 is 1.28 bits per heavy atom. The van der Waals surface area contributed by atoms with E-state index in [2.05, 4.69) is 21.6 Å². The lowest BCUT2D eigenvalue weighted by atomic mass is 10.2. The van der Waals surface area contributed by atoms with Crippen LogP contribution in [0.15, 0.2) is 6.20 Å². The Labute approximate surface area is 108 Å². The molecule has 5 nitrogen and oxygen atoms in total. The first-order valence-corrected chi connectivity index (χ1v) is 6.87. The number of rotatable bonds is 2. The van der Waals surface area contributed by atoms with Crippen molar-refractivity contribution in [3.05, 3.63) is 11.9 Å². The molecule has 1 aromatic rings. The molecule has 0 amide bonds. The summed E-state index contributed by atoms with van der Waals surface area (Å²) in [7, 11) is 0. The van der Waals surface area contributed by atoms with E-state index in [-0.39, 0.29) is 0 Å². The molecule has 2 aliphatic rings. The smallest absolute Gasteiger partial charge is 0.0730 e. The van der Waals surface area contributed by atoms with Crippen molar-refractivity contribution in [2.24, 2.45) is 0 Å². The van der Waals surface area contributed by atoms with E-state index in [0.29, 0.717) is 12.1 Å². The second-order valence-electron chi connectivity index (χ2n) is 5.40. The van der Waals surface area contributed by atoms with Crippen LogP contribution in [0.3, 0.4) is 0 Å². The first-order valence-electron chi connectivity index (χ1n) is 6.87. The fourth-order valence-electron chi connectivity index (χ4n) is 3.24. The van der Waals surface area contributed by atoms with Gasteiger partial charge in [-0.05, 0) is 26.2 Å². The highest BCUT2D eigenvalue weighted by atomic mass is 16.5. The van der Waals surface area contributed by atoms with Crippen LogP contribution in [-0.4, -0.2) is 47.0 Å². The van der Waals surface area contributed by atoms with Crippen LogP contribution in [-0.2, 0) is 4.74 Å². The van der Waals surface area contributed by atoms with E-state index in [4.69, 9.17) is 10.5 Å². The van der Waals surface area contributed by atoms with E-state index in [9.17, 15) is 0 Å². The third-order valence-corrected chi connectivity index (χ3v) is 4.37. The Hall–Kier alpha value is -1.07. The molecule has 18 heavy (non-hydrogen) atoms. The molecular weight excluding hydrogens is 228 g/mol. The Balaban J connectivity index is 1.66. The molecule has 2 N–H and O–H groups in total. The van der Waals surface area contributed by atoms with Gasteiger partial charge in [0.1, 0.15) is 0 Å². The molecule has 1 aliphatic heterocycles. The lowest BCUT2D eigenvalue weighted by Crippen LogP contribution is -2.42. The van der Waals surface area contributed by atoms with E-state index < -0.39 is 0 Å². The second-order valence-corrected chi connectivity index (χ2v) is 5.40. The maximum absolute atomic E-state index is 5.88. The highest BCUT2D eigenvalue weighted by molar-refractivity contribution is 5.39. The van der Waals surface area contributed by atoms with Crippen LogP contribution in [0.2, 0.25) is 0 Å². The normalized spacial score (nSPS) is 29.8. The molecule has 2 atom stereocenters. The van der Waals surface area contributed by atoms with Crippen molar-refractivity contribution < 1.29 is 4.74 Å². The summed E-state index contributed by atoms with van der Waals surface area (Å²) >= 11 is 0. The summed E-state index contributed by atoms with van der Waals surface area (Å²) in [5.41, 5.74) is 7.80. The molecule has 2 fully saturated rings. The van der Waals surface area contributed by atoms with Gasteiger partial charge >= 0.3 is 0 Å². The Morgan fingerprint density at radius 2 is 2.00 bits per heavy atom. The number of nitrogen functional groups attached to an aromatic ring is 1. The molecule has 1 aromatic heterocycles. The van der Waals surface area contributed by atoms with Crippen molar-refractivity contribution in [2.45, 2.75) is 38.3 Å². The minimum Gasteiger partial charge on any atom is -0.396 e. The SMILES string of the molecule is Cc1c(N)cnn1C1CCC(N2CCOCC2)C1. The zero-order chi connectivity index (χ0) is 12.5. The van der Waals surface area contributed by atoms with Gasteiger partial charge in [0.2, 0.25) is 0 Å². The van der Waals surface area contributed by atoms with Crippen molar-refractivity contribution in [2.75, 3.05) is 32.0 Å². The van der Waals surface area contributed by atoms with Gasteiger partial charge in [-0.15, -0.1) is 0 Å². The van der Waals surface area contributed by atoms with Gasteiger partial charge in [-0.1, -0.05) is 0 Å². The lowest BCUT2D eigenvalue weighted by Gasteiger charge is -2.32. The summed E-state index contributed by atoms with van der Waals surface area (Å²) in [6.45, 7) is 5.99. The summed E-state index contributed by atoms with van der Waals surface area (Å²) < 4.78 is 7.54. The van der Waals surface area contributed by atoms with E-state index in [0.717, 1.165) is 37.7 Å². The maximum Gasteiger partial charge on any atom is 0.0730 e. The topological polar surface area (TPSA) is 56.3 Å². The number of nitrogens with two attached hydrogens (primary N) is 1. The van der Waals surface area contributed by atoms with Crippen LogP contribution in [0, 0.1) is 6.92 Å². The van der Waals surface area contributed by atoms with E-state index in [1.807, 2.05) is 0 Å². The van der Waals surface area contributed by atoms with Gasteiger partial charge in [0.25, 0.3) is 0 Å². The average Bonchev–Trinajstić information content (AvgIpc) is 3.00. The zero-order valence-electron chi connectivity index (χ0n) is 11.0. The average molecular weight is 250 g/mol. The quantitative estimate of drug-likeness (QED) is 0.857. The van der Waals surface area contributed by atoms with Crippen molar-refractivity contribution >= 4 is 5.69 Å². The van der Waals surface area contributed by atoms with Gasteiger partial charge in [0.15, 0.2) is 0 Å². The molecule has 5 heteroatoms. The summed E-state index contributed by atoms with van der Waals surface area (Å²) in [5.74, 6) is 0. The predicted molar refractivity (Wildman–Crippen MR) is 70.4 cm³/mol. The Bertz CT molecular complexity index is 411. The van der Waals surface area contributed by atoms with Crippen LogP contribution in [0.4, 0.5) is 5.69 Å². The third-order valence-electron chi connectivity index (χ3n) is 4.37. The molecule has 1 saturated heterocycles. The Kier molecular flexibility index (Phi) is 3.26. The van der Waals surface area contributed by atoms with Gasteiger partial charge in [0, 0.05) is 19.1 Å². The predicted octanol–water partition coefficient (Wildman–Crippen LogP) is 1.20. The summed E-state index contributed by atoms with van der Waals surface area (Å²) in [6.07, 6.45) is 5.45. The minimum absolute atomic E-state index is 0.523. The standard InChI is InChI=1S/C13H22N4O/c1-10-13(14)9-15-17(10)12-3-2-11(8-12)16-4-6-18-7-5-16/h9,11-12H,2-8,14H2,1H3. The first kappa shape index (κ1) is 12.0. The maximum atomic E-state index is 5.88. The molecule has 0 aromatic carbocycles. The molecule has 2 heterocycles. The molecule has 0 spiro atoms. The molecule has 0 bridgehead atoms. The van der Waals surface area contributed by atoms with Gasteiger partial charge in [-0.3, -0.25) is 9.58 Å². The molecule has 1 aliphatic carbocycles. The summed E-state index contributed by atoms with van der Waals surface area (Å²) in [6, 6.07) is 1.22. The summed E-state index contributed by atoms with van der Waals surface area (Å²) in [5, 5.41) is 4.43. The van der Waals surface area contributed by atoms with Gasteiger partial charge in [0.05, 0.1) is 36.8 Å². The molecule has 3 rings (SSSR count). The van der Waals surface area contributed by atoms with Crippen molar-refractivity contribution in [1.82, 2.24) is 14.7 Å². The Morgan fingerprint density at radius 3 is 2.67 bits per heavy atom. The van der Waals surface area contributed by atoms with Crippen molar-refractivity contribution in [3.63, 3.8) is 0 Å². The van der Waals surface area contributed by atoms with Gasteiger partial charge in [-0.25, -0.2) is 0 Å². The van der Waals surface area contributed by atoms with Crippen LogP contribution in [0.25, 0.3) is 0 Å². The molecule has 0 radical (unpaired) electrons. The van der Waals surface area contributed by atoms with Crippen molar-refractivity contribution in [3.8, 4) is 0 Å². The van der Waals surface area contributed by atoms with E-state index in [1.165, 1.54) is 19.3 Å². The molecule has 2 unspecified atom stereocenters.